The van der Waals surface area contributed by atoms with Gasteiger partial charge < -0.3 is 4.84 Å². The Kier molecular flexibility index (Phi) is 8.00. The van der Waals surface area contributed by atoms with Crippen molar-refractivity contribution in [3.05, 3.63) is 46.1 Å². The van der Waals surface area contributed by atoms with Crippen molar-refractivity contribution in [3.8, 4) is 11.3 Å². The molecule has 174 valence electrons. The molecule has 1 fully saturated rings. The van der Waals surface area contributed by atoms with Crippen LogP contribution < -0.4 is 0 Å². The Morgan fingerprint density at radius 3 is 2.47 bits per heavy atom. The molecule has 9 nitrogen and oxygen atoms in total. The average Bonchev–Trinajstić information content (AvgIpc) is 3.21. The van der Waals surface area contributed by atoms with E-state index in [4.69, 9.17) is 0 Å². The third kappa shape index (κ3) is 6.38. The van der Waals surface area contributed by atoms with Gasteiger partial charge in [-0.15, -0.1) is 10.1 Å². The van der Waals surface area contributed by atoms with Gasteiger partial charge in [-0.25, -0.2) is 8.42 Å². The van der Waals surface area contributed by atoms with E-state index in [9.17, 15) is 23.3 Å². The second kappa shape index (κ2) is 10.7. The molecule has 3 rings (SSSR count). The Morgan fingerprint density at radius 2 is 1.84 bits per heavy atom. The van der Waals surface area contributed by atoms with Crippen LogP contribution in [0.1, 0.15) is 74.3 Å². The molecule has 0 bridgehead atoms. The van der Waals surface area contributed by atoms with Gasteiger partial charge in [-0.05, 0) is 49.4 Å². The second-order valence-electron chi connectivity index (χ2n) is 8.24. The number of aromatic nitrogens is 2. The van der Waals surface area contributed by atoms with Gasteiger partial charge in [0.15, 0.2) is 15.6 Å². The van der Waals surface area contributed by atoms with Gasteiger partial charge in [0.25, 0.3) is 5.09 Å². The fourth-order valence-corrected chi connectivity index (χ4v) is 4.69. The molecule has 0 aliphatic heterocycles. The number of rotatable bonds is 11. The van der Waals surface area contributed by atoms with Crippen molar-refractivity contribution < 1.29 is 23.1 Å². The van der Waals surface area contributed by atoms with Gasteiger partial charge in [-0.3, -0.25) is 9.48 Å². The highest BCUT2D eigenvalue weighted by Gasteiger charge is 2.23. The van der Waals surface area contributed by atoms with E-state index >= 15 is 0 Å². The number of nitrogens with zero attached hydrogens (tertiary/aromatic N) is 3. The van der Waals surface area contributed by atoms with E-state index in [0.717, 1.165) is 36.9 Å². The summed E-state index contributed by atoms with van der Waals surface area (Å²) >= 11 is 0. The van der Waals surface area contributed by atoms with Crippen molar-refractivity contribution in [2.75, 3.05) is 12.9 Å². The van der Waals surface area contributed by atoms with Crippen LogP contribution in [-0.2, 0) is 14.7 Å². The molecule has 1 aliphatic rings. The van der Waals surface area contributed by atoms with Crippen LogP contribution in [0.5, 0.6) is 0 Å². The molecule has 0 spiro atoms. The molecule has 1 aliphatic carbocycles. The van der Waals surface area contributed by atoms with Crippen LogP contribution in [0, 0.1) is 10.1 Å². The predicted octanol–water partition coefficient (Wildman–Crippen LogP) is 4.41. The molecule has 0 N–H and O–H groups in total. The summed E-state index contributed by atoms with van der Waals surface area (Å²) in [5, 5.41) is 14.0. The van der Waals surface area contributed by atoms with E-state index in [-0.39, 0.29) is 23.3 Å². The zero-order chi connectivity index (χ0) is 23.1. The molecule has 1 aromatic heterocycles. The van der Waals surface area contributed by atoms with Crippen molar-refractivity contribution in [3.63, 3.8) is 0 Å². The van der Waals surface area contributed by atoms with Gasteiger partial charge in [0.2, 0.25) is 0 Å². The number of sulfone groups is 1. The first-order valence-electron chi connectivity index (χ1n) is 11.0. The maximum atomic E-state index is 12.8. The van der Waals surface area contributed by atoms with Gasteiger partial charge in [0.1, 0.15) is 5.69 Å². The second-order valence-corrected chi connectivity index (χ2v) is 10.3. The summed E-state index contributed by atoms with van der Waals surface area (Å²) in [5.74, 6) is -0.0660. The first-order chi connectivity index (χ1) is 15.3. The maximum Gasteiger partial charge on any atom is 0.294 e. The number of hydrogen-bond acceptors (Lipinski definition) is 7. The Balaban J connectivity index is 1.75. The summed E-state index contributed by atoms with van der Waals surface area (Å²) in [4.78, 5) is 27.5. The fourth-order valence-electron chi connectivity index (χ4n) is 4.05. The van der Waals surface area contributed by atoms with Crippen molar-refractivity contribution in [2.24, 2.45) is 0 Å². The normalized spacial score (nSPS) is 14.9. The maximum absolute atomic E-state index is 12.8. The highest BCUT2D eigenvalue weighted by atomic mass is 32.2. The van der Waals surface area contributed by atoms with Crippen LogP contribution in [0.25, 0.3) is 11.3 Å². The number of Topliss-reactive ketones (excluding diaryl/α,β-unsaturated/α-hetero) is 1. The van der Waals surface area contributed by atoms with E-state index < -0.39 is 14.9 Å². The molecule has 0 atom stereocenters. The Bertz CT molecular complexity index is 1040. The fraction of sp³-hybridized carbons (Fsp3) is 0.545. The lowest BCUT2D eigenvalue weighted by Gasteiger charge is -2.24. The number of ketones is 1. The summed E-state index contributed by atoms with van der Waals surface area (Å²) in [6.45, 7) is 0.0329. The van der Waals surface area contributed by atoms with Crippen LogP contribution in [0.2, 0.25) is 0 Å². The molecule has 1 aromatic carbocycles. The van der Waals surface area contributed by atoms with Gasteiger partial charge in [0.05, 0.1) is 23.2 Å². The highest BCUT2D eigenvalue weighted by molar-refractivity contribution is 7.90. The van der Waals surface area contributed by atoms with Gasteiger partial charge >= 0.3 is 0 Å². The standard InChI is InChI=1S/C22H29N3O6S/c1-32(29,30)19-13-11-17(12-14-19)21-16-20(23-24(21)18-8-4-2-5-9-18)22(26)10-6-3-7-15-31-25(27)28/h11-14,16,18H,2-10,15H2,1H3. The van der Waals surface area contributed by atoms with E-state index in [1.54, 1.807) is 30.3 Å². The van der Waals surface area contributed by atoms with E-state index in [1.807, 2.05) is 4.68 Å². The highest BCUT2D eigenvalue weighted by Crippen LogP contribution is 2.33. The van der Waals surface area contributed by atoms with Gasteiger partial charge in [-0.1, -0.05) is 37.8 Å². The number of benzene rings is 1. The summed E-state index contributed by atoms with van der Waals surface area (Å²) < 4.78 is 25.5. The average molecular weight is 464 g/mol. The van der Waals surface area contributed by atoms with Crippen LogP contribution >= 0.6 is 0 Å². The Labute approximate surface area is 187 Å². The van der Waals surface area contributed by atoms with Gasteiger partial charge in [-0.2, -0.15) is 5.10 Å². The number of carbonyl (C=O) groups excluding carboxylic acids is 1. The van der Waals surface area contributed by atoms with E-state index in [2.05, 4.69) is 9.94 Å². The van der Waals surface area contributed by atoms with Crippen molar-refractivity contribution >= 4 is 15.6 Å². The molecule has 1 heterocycles. The topological polar surface area (TPSA) is 121 Å². The predicted molar refractivity (Wildman–Crippen MR) is 119 cm³/mol. The van der Waals surface area contributed by atoms with Crippen LogP contribution in [-0.4, -0.2) is 41.9 Å². The Morgan fingerprint density at radius 1 is 1.16 bits per heavy atom. The van der Waals surface area contributed by atoms with Crippen LogP contribution in [0.4, 0.5) is 0 Å². The first kappa shape index (κ1) is 23.9. The first-order valence-corrected chi connectivity index (χ1v) is 12.9. The van der Waals surface area contributed by atoms with Crippen LogP contribution in [0.15, 0.2) is 35.2 Å². The van der Waals surface area contributed by atoms with Gasteiger partial charge in [0, 0.05) is 12.7 Å². The monoisotopic (exact) mass is 463 g/mol. The lowest BCUT2D eigenvalue weighted by Crippen LogP contribution is -2.16. The van der Waals surface area contributed by atoms with Crippen molar-refractivity contribution in [1.82, 2.24) is 9.78 Å². The SMILES string of the molecule is CS(=O)(=O)c1ccc(-c2cc(C(=O)CCCCCO[N+](=O)[O-])nn2C2CCCCC2)cc1. The third-order valence-corrected chi connectivity index (χ3v) is 6.89. The molecule has 32 heavy (non-hydrogen) atoms. The third-order valence-electron chi connectivity index (χ3n) is 5.77. The molecule has 2 aromatic rings. The minimum atomic E-state index is -3.29. The molecular weight excluding hydrogens is 434 g/mol. The summed E-state index contributed by atoms with van der Waals surface area (Å²) in [6.07, 6.45) is 8.70. The number of hydrogen-bond donors (Lipinski definition) is 0. The number of unbranched alkanes of at least 4 members (excludes halogenated alkanes) is 2. The zero-order valence-corrected chi connectivity index (χ0v) is 19.1. The Hall–Kier alpha value is -2.75. The largest absolute Gasteiger partial charge is 0.314 e. The molecule has 0 unspecified atom stereocenters. The summed E-state index contributed by atoms with van der Waals surface area (Å²) in [5.41, 5.74) is 2.05. The summed E-state index contributed by atoms with van der Waals surface area (Å²) in [7, 11) is -3.29. The van der Waals surface area contributed by atoms with Crippen LogP contribution in [0.3, 0.4) is 0 Å². The van der Waals surface area contributed by atoms with E-state index in [0.29, 0.717) is 31.4 Å². The van der Waals surface area contributed by atoms with E-state index in [1.165, 1.54) is 12.7 Å². The smallest absolute Gasteiger partial charge is 0.294 e. The van der Waals surface area contributed by atoms with Crippen molar-refractivity contribution in [2.45, 2.75) is 68.7 Å². The molecule has 0 saturated heterocycles. The molecule has 1 saturated carbocycles. The minimum absolute atomic E-state index is 0.0329. The molecule has 10 heteroatoms. The zero-order valence-electron chi connectivity index (χ0n) is 18.2. The molecular formula is C22H29N3O6S. The minimum Gasteiger partial charge on any atom is -0.314 e. The lowest BCUT2D eigenvalue weighted by atomic mass is 9.95. The van der Waals surface area contributed by atoms with Crippen molar-refractivity contribution in [1.29, 1.82) is 0 Å². The summed E-state index contributed by atoms with van der Waals surface area (Å²) in [6, 6.07) is 8.69. The molecule has 0 amide bonds. The molecule has 0 radical (unpaired) electrons. The number of carbonyl (C=O) groups is 1. The quantitative estimate of drug-likeness (QED) is 0.209. The lowest BCUT2D eigenvalue weighted by molar-refractivity contribution is -0.757.